The van der Waals surface area contributed by atoms with Crippen LogP contribution in [0.4, 0.5) is 0 Å². The number of nitrogens with one attached hydrogen (secondary N) is 1. The van der Waals surface area contributed by atoms with Crippen molar-refractivity contribution in [1.29, 1.82) is 0 Å². The van der Waals surface area contributed by atoms with Gasteiger partial charge in [0.15, 0.2) is 23.0 Å². The Bertz CT molecular complexity index is 855. The van der Waals surface area contributed by atoms with Crippen LogP contribution >= 0.6 is 0 Å². The maximum absolute atomic E-state index is 12.3. The lowest BCUT2D eigenvalue weighted by atomic mass is 10.1. The van der Waals surface area contributed by atoms with Gasteiger partial charge in [0.25, 0.3) is 5.91 Å². The number of amides is 1. The van der Waals surface area contributed by atoms with E-state index in [1.165, 1.54) is 0 Å². The number of carbonyl (C=O) groups excluding carboxylic acids is 1. The molecular formula is C21H21NO5. The standard InChI is InChI=1S/C21H21NO5/c1-15-20(27-19-12-6-5-11-18(19)26-15)21(23)22-13-7-8-14-25-17-10-4-3-9-16(17)24-2/h3-6,9-12,15,20H,13-14H2,1-2H3,(H,22,23). The molecule has 6 nitrogen and oxygen atoms in total. The summed E-state index contributed by atoms with van der Waals surface area (Å²) in [6.45, 7) is 2.19. The van der Waals surface area contributed by atoms with Gasteiger partial charge in [-0.15, -0.1) is 0 Å². The molecule has 0 saturated heterocycles. The number of fused-ring (bicyclic) bond motifs is 1. The first-order valence-electron chi connectivity index (χ1n) is 8.60. The minimum Gasteiger partial charge on any atom is -0.493 e. The number of methoxy groups -OCH3 is 1. The smallest absolute Gasteiger partial charge is 0.265 e. The first-order valence-corrected chi connectivity index (χ1v) is 8.60. The Balaban J connectivity index is 1.46. The third-order valence-electron chi connectivity index (χ3n) is 3.95. The summed E-state index contributed by atoms with van der Waals surface area (Å²) < 4.78 is 22.2. The van der Waals surface area contributed by atoms with Gasteiger partial charge in [0.2, 0.25) is 6.10 Å². The topological polar surface area (TPSA) is 66.0 Å². The van der Waals surface area contributed by atoms with Crippen LogP contribution in [0.3, 0.4) is 0 Å². The molecule has 0 spiro atoms. The van der Waals surface area contributed by atoms with Crippen LogP contribution in [0.2, 0.25) is 0 Å². The lowest BCUT2D eigenvalue weighted by molar-refractivity contribution is -0.133. The second-order valence-corrected chi connectivity index (χ2v) is 5.82. The van der Waals surface area contributed by atoms with Crippen molar-refractivity contribution >= 4 is 5.91 Å². The van der Waals surface area contributed by atoms with Gasteiger partial charge in [-0.05, 0) is 31.2 Å². The lowest BCUT2D eigenvalue weighted by Gasteiger charge is -2.30. The van der Waals surface area contributed by atoms with Crippen molar-refractivity contribution < 1.29 is 23.7 Å². The lowest BCUT2D eigenvalue weighted by Crippen LogP contribution is -2.49. The molecule has 1 aliphatic heterocycles. The van der Waals surface area contributed by atoms with E-state index in [9.17, 15) is 4.79 Å². The van der Waals surface area contributed by atoms with E-state index in [1.807, 2.05) is 42.5 Å². The van der Waals surface area contributed by atoms with Crippen molar-refractivity contribution in [2.24, 2.45) is 0 Å². The van der Waals surface area contributed by atoms with Gasteiger partial charge in [0.05, 0.1) is 13.7 Å². The molecular weight excluding hydrogens is 346 g/mol. The Morgan fingerprint density at radius 3 is 2.44 bits per heavy atom. The molecule has 3 rings (SSSR count). The fraction of sp³-hybridized carbons (Fsp3) is 0.286. The molecule has 140 valence electrons. The molecule has 27 heavy (non-hydrogen) atoms. The predicted octanol–water partition coefficient (Wildman–Crippen LogP) is 2.42. The van der Waals surface area contributed by atoms with E-state index < -0.39 is 6.10 Å². The van der Waals surface area contributed by atoms with Gasteiger partial charge in [-0.25, -0.2) is 0 Å². The summed E-state index contributed by atoms with van der Waals surface area (Å²) in [7, 11) is 1.58. The molecule has 2 unspecified atom stereocenters. The molecule has 0 fully saturated rings. The van der Waals surface area contributed by atoms with Gasteiger partial charge in [-0.3, -0.25) is 4.79 Å². The third kappa shape index (κ3) is 4.64. The number of ether oxygens (including phenoxy) is 4. The highest BCUT2D eigenvalue weighted by Crippen LogP contribution is 2.33. The van der Waals surface area contributed by atoms with Gasteiger partial charge in [-0.2, -0.15) is 0 Å². The second-order valence-electron chi connectivity index (χ2n) is 5.82. The van der Waals surface area contributed by atoms with Crippen LogP contribution in [0.25, 0.3) is 0 Å². The summed E-state index contributed by atoms with van der Waals surface area (Å²) in [4.78, 5) is 12.3. The first kappa shape index (κ1) is 18.5. The average molecular weight is 367 g/mol. The predicted molar refractivity (Wildman–Crippen MR) is 100 cm³/mol. The molecule has 1 heterocycles. The Morgan fingerprint density at radius 2 is 1.70 bits per heavy atom. The van der Waals surface area contributed by atoms with Crippen LogP contribution in [-0.4, -0.2) is 38.4 Å². The van der Waals surface area contributed by atoms with Crippen LogP contribution in [0.15, 0.2) is 48.5 Å². The maximum atomic E-state index is 12.3. The number of para-hydroxylation sites is 4. The summed E-state index contributed by atoms with van der Waals surface area (Å²) in [6, 6.07) is 14.6. The van der Waals surface area contributed by atoms with E-state index >= 15 is 0 Å². The minimum absolute atomic E-state index is 0.197. The monoisotopic (exact) mass is 367 g/mol. The molecule has 6 heteroatoms. The second kappa shape index (κ2) is 8.86. The summed E-state index contributed by atoms with van der Waals surface area (Å²) in [5, 5.41) is 2.74. The van der Waals surface area contributed by atoms with Crippen LogP contribution < -0.4 is 24.3 Å². The van der Waals surface area contributed by atoms with Crippen molar-refractivity contribution in [2.75, 3.05) is 20.3 Å². The van der Waals surface area contributed by atoms with Gasteiger partial charge in [-0.1, -0.05) is 36.1 Å². The molecule has 2 aromatic carbocycles. The molecule has 0 bridgehead atoms. The van der Waals surface area contributed by atoms with Crippen molar-refractivity contribution in [3.63, 3.8) is 0 Å². The number of carbonyl (C=O) groups is 1. The zero-order chi connectivity index (χ0) is 19.1. The molecule has 0 saturated carbocycles. The third-order valence-corrected chi connectivity index (χ3v) is 3.95. The first-order chi connectivity index (χ1) is 13.2. The zero-order valence-corrected chi connectivity index (χ0v) is 15.2. The fourth-order valence-electron chi connectivity index (χ4n) is 2.60. The van der Waals surface area contributed by atoms with E-state index in [4.69, 9.17) is 18.9 Å². The van der Waals surface area contributed by atoms with Crippen molar-refractivity contribution in [3.05, 3.63) is 48.5 Å². The zero-order valence-electron chi connectivity index (χ0n) is 15.2. The molecule has 0 radical (unpaired) electrons. The molecule has 2 atom stereocenters. The van der Waals surface area contributed by atoms with Gasteiger partial charge in [0.1, 0.15) is 12.7 Å². The Labute approximate surface area is 158 Å². The quantitative estimate of drug-likeness (QED) is 0.823. The molecule has 0 aromatic heterocycles. The van der Waals surface area contributed by atoms with Crippen LogP contribution in [0, 0.1) is 11.8 Å². The normalized spacial score (nSPS) is 17.3. The number of benzene rings is 2. The summed E-state index contributed by atoms with van der Waals surface area (Å²) in [6.07, 6.45) is -1.10. The molecule has 1 aliphatic rings. The largest absolute Gasteiger partial charge is 0.493 e. The van der Waals surface area contributed by atoms with E-state index in [1.54, 1.807) is 20.1 Å². The SMILES string of the molecule is COc1ccccc1OCC#CCNC(=O)C1Oc2ccccc2OC1C. The Morgan fingerprint density at radius 1 is 1.04 bits per heavy atom. The van der Waals surface area contributed by atoms with E-state index in [0.717, 1.165) is 0 Å². The molecule has 1 N–H and O–H groups in total. The van der Waals surface area contributed by atoms with Gasteiger partial charge < -0.3 is 24.3 Å². The average Bonchev–Trinajstić information content (AvgIpc) is 2.70. The van der Waals surface area contributed by atoms with E-state index in [0.29, 0.717) is 23.0 Å². The van der Waals surface area contributed by atoms with E-state index in [-0.39, 0.29) is 25.2 Å². The minimum atomic E-state index is -0.716. The number of hydrogen-bond donors (Lipinski definition) is 1. The maximum Gasteiger partial charge on any atom is 0.265 e. The highest BCUT2D eigenvalue weighted by atomic mass is 16.6. The molecule has 1 amide bonds. The van der Waals surface area contributed by atoms with Gasteiger partial charge >= 0.3 is 0 Å². The van der Waals surface area contributed by atoms with Crippen molar-refractivity contribution in [3.8, 4) is 34.8 Å². The summed E-state index contributed by atoms with van der Waals surface area (Å²) >= 11 is 0. The van der Waals surface area contributed by atoms with Crippen molar-refractivity contribution in [1.82, 2.24) is 5.32 Å². The molecule has 2 aromatic rings. The molecule has 0 aliphatic carbocycles. The summed E-state index contributed by atoms with van der Waals surface area (Å²) in [5.74, 6) is 7.92. The Hall–Kier alpha value is -3.33. The number of rotatable bonds is 5. The fourth-order valence-corrected chi connectivity index (χ4v) is 2.60. The van der Waals surface area contributed by atoms with E-state index in [2.05, 4.69) is 17.2 Å². The van der Waals surface area contributed by atoms with Crippen LogP contribution in [0.5, 0.6) is 23.0 Å². The Kier molecular flexibility index (Phi) is 6.06. The van der Waals surface area contributed by atoms with Gasteiger partial charge in [0, 0.05) is 0 Å². The van der Waals surface area contributed by atoms with Crippen LogP contribution in [0.1, 0.15) is 6.92 Å². The highest BCUT2D eigenvalue weighted by Gasteiger charge is 2.33. The summed E-state index contributed by atoms with van der Waals surface area (Å²) in [5.41, 5.74) is 0. The highest BCUT2D eigenvalue weighted by molar-refractivity contribution is 5.82. The number of hydrogen-bond acceptors (Lipinski definition) is 5. The van der Waals surface area contributed by atoms with Crippen LogP contribution in [-0.2, 0) is 4.79 Å². The van der Waals surface area contributed by atoms with Crippen molar-refractivity contribution in [2.45, 2.75) is 19.1 Å².